The number of rotatable bonds is 1. The lowest BCUT2D eigenvalue weighted by atomic mass is 10.0. The fourth-order valence-electron chi connectivity index (χ4n) is 2.24. The van der Waals surface area contributed by atoms with Crippen molar-refractivity contribution in [3.63, 3.8) is 0 Å². The number of anilines is 1. The van der Waals surface area contributed by atoms with E-state index in [1.54, 1.807) is 17.0 Å². The molecular formula is C14H21N3O3. The maximum atomic E-state index is 12.0. The minimum Gasteiger partial charge on any atom is -0.444 e. The van der Waals surface area contributed by atoms with Crippen LogP contribution in [0, 0.1) is 0 Å². The number of likely N-dealkylation sites (tertiary alicyclic amines) is 1. The van der Waals surface area contributed by atoms with E-state index in [2.05, 4.69) is 4.98 Å². The first kappa shape index (κ1) is 14.4. The summed E-state index contributed by atoms with van der Waals surface area (Å²) in [7, 11) is 0. The van der Waals surface area contributed by atoms with Gasteiger partial charge in [-0.05, 0) is 39.3 Å². The van der Waals surface area contributed by atoms with Crippen LogP contribution in [0.4, 0.5) is 10.5 Å². The number of nitrogens with two attached hydrogens (primary N) is 1. The first-order valence-corrected chi connectivity index (χ1v) is 6.73. The second kappa shape index (κ2) is 5.19. The fourth-order valence-corrected chi connectivity index (χ4v) is 2.24. The summed E-state index contributed by atoms with van der Waals surface area (Å²) in [6.45, 7) is 6.71. The highest BCUT2D eigenvalue weighted by molar-refractivity contribution is 5.68. The van der Waals surface area contributed by atoms with Gasteiger partial charge in [-0.3, -0.25) is 4.79 Å². The molecule has 1 atom stereocenters. The van der Waals surface area contributed by atoms with E-state index in [1.165, 1.54) is 0 Å². The second-order valence-corrected chi connectivity index (χ2v) is 6.11. The molecular weight excluding hydrogens is 258 g/mol. The molecule has 0 saturated carbocycles. The number of aromatic amines is 1. The Kier molecular flexibility index (Phi) is 3.74. The minimum absolute atomic E-state index is 0.121. The van der Waals surface area contributed by atoms with Crippen LogP contribution in [-0.4, -0.2) is 34.7 Å². The van der Waals surface area contributed by atoms with Crippen molar-refractivity contribution >= 4 is 11.8 Å². The van der Waals surface area contributed by atoms with Crippen molar-refractivity contribution in [1.82, 2.24) is 9.88 Å². The van der Waals surface area contributed by atoms with E-state index in [9.17, 15) is 9.59 Å². The van der Waals surface area contributed by atoms with Gasteiger partial charge in [-0.15, -0.1) is 0 Å². The maximum Gasteiger partial charge on any atom is 0.410 e. The molecule has 0 bridgehead atoms. The number of pyridine rings is 1. The molecule has 1 aromatic heterocycles. The summed E-state index contributed by atoms with van der Waals surface area (Å²) in [6.07, 6.45) is 0.497. The van der Waals surface area contributed by atoms with E-state index in [1.807, 2.05) is 20.8 Å². The monoisotopic (exact) mass is 279 g/mol. The predicted octanol–water partition coefficient (Wildman–Crippen LogP) is 1.68. The molecule has 6 nitrogen and oxygen atoms in total. The Bertz CT molecular complexity index is 560. The van der Waals surface area contributed by atoms with E-state index < -0.39 is 5.60 Å². The Morgan fingerprint density at radius 3 is 2.75 bits per heavy atom. The first-order valence-electron chi connectivity index (χ1n) is 6.73. The number of carbonyl (C=O) groups is 1. The van der Waals surface area contributed by atoms with Crippen LogP contribution in [0.25, 0.3) is 0 Å². The average Bonchev–Trinajstić information content (AvgIpc) is 2.80. The molecule has 1 aliphatic heterocycles. The summed E-state index contributed by atoms with van der Waals surface area (Å²) in [6, 6.07) is 3.41. The molecule has 0 aromatic carbocycles. The van der Waals surface area contributed by atoms with Gasteiger partial charge in [0, 0.05) is 24.7 Å². The lowest BCUT2D eigenvalue weighted by Crippen LogP contribution is -2.35. The van der Waals surface area contributed by atoms with Gasteiger partial charge in [0.1, 0.15) is 5.60 Å². The number of H-pyrrole nitrogens is 1. The van der Waals surface area contributed by atoms with Crippen LogP contribution in [0.2, 0.25) is 0 Å². The molecule has 1 fully saturated rings. The van der Waals surface area contributed by atoms with E-state index in [4.69, 9.17) is 10.5 Å². The summed E-state index contributed by atoms with van der Waals surface area (Å²) in [5.74, 6) is 0.121. The van der Waals surface area contributed by atoms with Gasteiger partial charge in [-0.1, -0.05) is 0 Å². The highest BCUT2D eigenvalue weighted by Gasteiger charge is 2.30. The molecule has 0 radical (unpaired) electrons. The van der Waals surface area contributed by atoms with Crippen molar-refractivity contribution in [1.29, 1.82) is 0 Å². The van der Waals surface area contributed by atoms with E-state index in [-0.39, 0.29) is 23.3 Å². The number of amides is 1. The van der Waals surface area contributed by atoms with Gasteiger partial charge >= 0.3 is 6.09 Å². The molecule has 1 unspecified atom stereocenters. The largest absolute Gasteiger partial charge is 0.444 e. The molecule has 1 amide bonds. The van der Waals surface area contributed by atoms with Crippen LogP contribution < -0.4 is 11.3 Å². The Hall–Kier alpha value is -1.98. The zero-order valence-corrected chi connectivity index (χ0v) is 12.1. The van der Waals surface area contributed by atoms with Crippen LogP contribution >= 0.6 is 0 Å². The topological polar surface area (TPSA) is 88.4 Å². The van der Waals surface area contributed by atoms with Gasteiger partial charge in [-0.25, -0.2) is 4.79 Å². The third-order valence-electron chi connectivity index (χ3n) is 3.24. The Labute approximate surface area is 117 Å². The lowest BCUT2D eigenvalue weighted by Gasteiger charge is -2.24. The van der Waals surface area contributed by atoms with Crippen LogP contribution in [0.5, 0.6) is 0 Å². The summed E-state index contributed by atoms with van der Waals surface area (Å²) >= 11 is 0. The van der Waals surface area contributed by atoms with Gasteiger partial charge in [0.05, 0.1) is 5.69 Å². The molecule has 110 valence electrons. The van der Waals surface area contributed by atoms with Gasteiger partial charge < -0.3 is 20.4 Å². The Morgan fingerprint density at radius 2 is 2.15 bits per heavy atom. The van der Waals surface area contributed by atoms with Crippen molar-refractivity contribution in [2.24, 2.45) is 0 Å². The smallest absolute Gasteiger partial charge is 0.410 e. The number of ether oxygens (including phenoxy) is 1. The van der Waals surface area contributed by atoms with Crippen molar-refractivity contribution < 1.29 is 9.53 Å². The molecule has 0 spiro atoms. The molecule has 1 aromatic rings. The first-order chi connectivity index (χ1) is 9.26. The predicted molar refractivity (Wildman–Crippen MR) is 76.6 cm³/mol. The van der Waals surface area contributed by atoms with E-state index >= 15 is 0 Å². The normalized spacial score (nSPS) is 19.1. The average molecular weight is 279 g/mol. The summed E-state index contributed by atoms with van der Waals surface area (Å²) in [5, 5.41) is 0. The van der Waals surface area contributed by atoms with Gasteiger partial charge in [0.25, 0.3) is 5.56 Å². The van der Waals surface area contributed by atoms with Crippen molar-refractivity contribution in [3.05, 3.63) is 28.2 Å². The van der Waals surface area contributed by atoms with E-state index in [0.717, 1.165) is 12.1 Å². The highest BCUT2D eigenvalue weighted by Crippen LogP contribution is 2.26. The van der Waals surface area contributed by atoms with Crippen LogP contribution in [0.3, 0.4) is 0 Å². The van der Waals surface area contributed by atoms with Gasteiger partial charge in [-0.2, -0.15) is 0 Å². The quantitative estimate of drug-likeness (QED) is 0.818. The minimum atomic E-state index is -0.495. The molecule has 2 heterocycles. The number of nitrogens with one attached hydrogen (secondary N) is 1. The van der Waals surface area contributed by atoms with Crippen molar-refractivity contribution in [2.45, 2.75) is 38.7 Å². The standard InChI is InChI=1S/C14H21N3O3/c1-14(2,3)20-13(19)17-7-6-9(8-17)11-5-4-10(15)12(18)16-11/h4-5,9H,6-8,15H2,1-3H3,(H,16,18). The highest BCUT2D eigenvalue weighted by atomic mass is 16.6. The van der Waals surface area contributed by atoms with Crippen molar-refractivity contribution in [3.8, 4) is 0 Å². The lowest BCUT2D eigenvalue weighted by molar-refractivity contribution is 0.0292. The Morgan fingerprint density at radius 1 is 1.45 bits per heavy atom. The summed E-state index contributed by atoms with van der Waals surface area (Å²) in [5.41, 5.74) is 5.75. The molecule has 6 heteroatoms. The zero-order valence-electron chi connectivity index (χ0n) is 12.1. The maximum absolute atomic E-state index is 12.0. The number of nitrogens with zero attached hydrogens (tertiary/aromatic N) is 1. The molecule has 2 rings (SSSR count). The number of hydrogen-bond acceptors (Lipinski definition) is 4. The van der Waals surface area contributed by atoms with Gasteiger partial charge in [0.2, 0.25) is 0 Å². The molecule has 1 aliphatic rings. The third-order valence-corrected chi connectivity index (χ3v) is 3.24. The number of hydrogen-bond donors (Lipinski definition) is 2. The zero-order chi connectivity index (χ0) is 14.9. The van der Waals surface area contributed by atoms with Crippen LogP contribution in [0.15, 0.2) is 16.9 Å². The number of carbonyl (C=O) groups excluding carboxylic acids is 1. The fraction of sp³-hybridized carbons (Fsp3) is 0.571. The van der Waals surface area contributed by atoms with Gasteiger partial charge in [0.15, 0.2) is 0 Å². The number of nitrogen functional groups attached to an aromatic ring is 1. The van der Waals surface area contributed by atoms with E-state index in [0.29, 0.717) is 13.1 Å². The molecule has 1 saturated heterocycles. The van der Waals surface area contributed by atoms with Crippen molar-refractivity contribution in [2.75, 3.05) is 18.8 Å². The SMILES string of the molecule is CC(C)(C)OC(=O)N1CCC(c2ccc(N)c(=O)[nH]2)C1. The van der Waals surface area contributed by atoms with Crippen LogP contribution in [0.1, 0.15) is 38.8 Å². The summed E-state index contributed by atoms with van der Waals surface area (Å²) < 4.78 is 5.34. The Balaban J connectivity index is 2.03. The third kappa shape index (κ3) is 3.31. The van der Waals surface area contributed by atoms with Crippen LogP contribution in [-0.2, 0) is 4.74 Å². The molecule has 0 aliphatic carbocycles. The molecule has 3 N–H and O–H groups in total. The molecule has 20 heavy (non-hydrogen) atoms. The number of aromatic nitrogens is 1. The second-order valence-electron chi connectivity index (χ2n) is 6.11. The summed E-state index contributed by atoms with van der Waals surface area (Å²) in [4.78, 5) is 27.9.